The Bertz CT molecular complexity index is 559. The third-order valence-corrected chi connectivity index (χ3v) is 2.41. The number of carbonyl (C=O) groups is 1. The number of nitrogen functional groups attached to an aromatic ring is 1. The fourth-order valence-electron chi connectivity index (χ4n) is 1.28. The molecule has 0 radical (unpaired) electrons. The van der Waals surface area contributed by atoms with Gasteiger partial charge in [0.1, 0.15) is 0 Å². The molecule has 0 aliphatic heterocycles. The average molecular weight is 249 g/mol. The average Bonchev–Trinajstić information content (AvgIpc) is 2.32. The predicted octanol–water partition coefficient (Wildman–Crippen LogP) is 1.96. The Hall–Kier alpha value is -2.14. The molecule has 1 heterocycles. The number of rotatable bonds is 2. The lowest BCUT2D eigenvalue weighted by molar-refractivity contribution is 0.102. The van der Waals surface area contributed by atoms with E-state index >= 15 is 0 Å². The minimum absolute atomic E-state index is 0.0551. The molecule has 0 spiro atoms. The largest absolute Gasteiger partial charge is 0.397 e. The van der Waals surface area contributed by atoms with Crippen LogP contribution in [0.2, 0.25) is 5.15 Å². The maximum Gasteiger partial charge on any atom is 0.258 e. The standard InChI is InChI=1S/C11H9ClN4O/c12-10-7(5-6-14-16-10)11(17)15-9-4-2-1-3-8(9)13/h1-6H,13H2,(H,15,17). The SMILES string of the molecule is Nc1ccccc1NC(=O)c1ccnnc1Cl. The number of aromatic nitrogens is 2. The number of anilines is 2. The van der Waals surface area contributed by atoms with Crippen LogP contribution in [0.25, 0.3) is 0 Å². The van der Waals surface area contributed by atoms with Crippen molar-refractivity contribution in [1.29, 1.82) is 0 Å². The molecule has 0 aliphatic carbocycles. The number of para-hydroxylation sites is 2. The third-order valence-electron chi connectivity index (χ3n) is 2.13. The number of hydrogen-bond acceptors (Lipinski definition) is 4. The molecule has 17 heavy (non-hydrogen) atoms. The van der Waals surface area contributed by atoms with Crippen molar-refractivity contribution < 1.29 is 4.79 Å². The van der Waals surface area contributed by atoms with Crippen LogP contribution in [0.15, 0.2) is 36.5 Å². The van der Waals surface area contributed by atoms with E-state index in [4.69, 9.17) is 17.3 Å². The van der Waals surface area contributed by atoms with Crippen LogP contribution >= 0.6 is 11.6 Å². The van der Waals surface area contributed by atoms with Crippen molar-refractivity contribution in [2.45, 2.75) is 0 Å². The summed E-state index contributed by atoms with van der Waals surface area (Å²) in [5, 5.41) is 9.86. The summed E-state index contributed by atoms with van der Waals surface area (Å²) in [5.74, 6) is -0.372. The molecule has 5 nitrogen and oxygen atoms in total. The molecule has 6 heteroatoms. The van der Waals surface area contributed by atoms with Gasteiger partial charge in [-0.05, 0) is 18.2 Å². The molecular formula is C11H9ClN4O. The molecule has 0 atom stereocenters. The van der Waals surface area contributed by atoms with Crippen LogP contribution in [-0.4, -0.2) is 16.1 Å². The second-order valence-electron chi connectivity index (χ2n) is 3.28. The fourth-order valence-corrected chi connectivity index (χ4v) is 1.48. The fraction of sp³-hybridized carbons (Fsp3) is 0. The monoisotopic (exact) mass is 248 g/mol. The highest BCUT2D eigenvalue weighted by atomic mass is 35.5. The molecular weight excluding hydrogens is 240 g/mol. The zero-order chi connectivity index (χ0) is 12.3. The first-order valence-electron chi connectivity index (χ1n) is 4.81. The maximum absolute atomic E-state index is 11.9. The number of benzene rings is 1. The number of nitrogens with zero attached hydrogens (tertiary/aromatic N) is 2. The maximum atomic E-state index is 11.9. The van der Waals surface area contributed by atoms with Crippen LogP contribution in [-0.2, 0) is 0 Å². The van der Waals surface area contributed by atoms with Crippen molar-refractivity contribution >= 4 is 28.9 Å². The van der Waals surface area contributed by atoms with E-state index in [1.165, 1.54) is 12.3 Å². The lowest BCUT2D eigenvalue weighted by atomic mass is 10.2. The molecule has 86 valence electrons. The van der Waals surface area contributed by atoms with Gasteiger partial charge in [0.05, 0.1) is 23.1 Å². The zero-order valence-corrected chi connectivity index (χ0v) is 9.48. The predicted molar refractivity (Wildman–Crippen MR) is 65.8 cm³/mol. The molecule has 2 aromatic rings. The number of carbonyl (C=O) groups excluding carboxylic acids is 1. The van der Waals surface area contributed by atoms with Crippen molar-refractivity contribution in [3.05, 3.63) is 47.2 Å². The Labute approximate surface area is 103 Å². The van der Waals surface area contributed by atoms with Gasteiger partial charge in [0.2, 0.25) is 0 Å². The number of nitrogens with one attached hydrogen (secondary N) is 1. The van der Waals surface area contributed by atoms with Crippen LogP contribution in [0, 0.1) is 0 Å². The molecule has 3 N–H and O–H groups in total. The van der Waals surface area contributed by atoms with Crippen molar-refractivity contribution in [1.82, 2.24) is 10.2 Å². The first-order chi connectivity index (χ1) is 8.18. The molecule has 0 fully saturated rings. The van der Waals surface area contributed by atoms with E-state index in [0.717, 1.165) is 0 Å². The molecule has 2 rings (SSSR count). The van der Waals surface area contributed by atoms with Crippen LogP contribution in [0.5, 0.6) is 0 Å². The van der Waals surface area contributed by atoms with Gasteiger partial charge < -0.3 is 11.1 Å². The highest BCUT2D eigenvalue weighted by molar-refractivity contribution is 6.33. The minimum atomic E-state index is -0.372. The summed E-state index contributed by atoms with van der Waals surface area (Å²) in [5.41, 5.74) is 6.98. The summed E-state index contributed by atoms with van der Waals surface area (Å²) in [6.07, 6.45) is 1.40. The van der Waals surface area contributed by atoms with Gasteiger partial charge in [0.25, 0.3) is 5.91 Å². The van der Waals surface area contributed by atoms with E-state index in [2.05, 4.69) is 15.5 Å². The molecule has 0 saturated heterocycles. The van der Waals surface area contributed by atoms with E-state index in [9.17, 15) is 4.79 Å². The molecule has 0 saturated carbocycles. The lowest BCUT2D eigenvalue weighted by Gasteiger charge is -2.07. The van der Waals surface area contributed by atoms with Gasteiger partial charge in [-0.25, -0.2) is 0 Å². The highest BCUT2D eigenvalue weighted by Gasteiger charge is 2.12. The van der Waals surface area contributed by atoms with Crippen LogP contribution in [0.3, 0.4) is 0 Å². The van der Waals surface area contributed by atoms with E-state index < -0.39 is 0 Å². The minimum Gasteiger partial charge on any atom is -0.397 e. The molecule has 1 aromatic heterocycles. The number of amides is 1. The van der Waals surface area contributed by atoms with Gasteiger partial charge in [-0.15, -0.1) is 5.10 Å². The van der Waals surface area contributed by atoms with Crippen LogP contribution in [0.1, 0.15) is 10.4 Å². The third kappa shape index (κ3) is 2.51. The normalized spacial score (nSPS) is 9.94. The Kier molecular flexibility index (Phi) is 3.20. The van der Waals surface area contributed by atoms with E-state index in [1.807, 2.05) is 0 Å². The molecule has 0 bridgehead atoms. The van der Waals surface area contributed by atoms with Crippen molar-refractivity contribution in [3.63, 3.8) is 0 Å². The highest BCUT2D eigenvalue weighted by Crippen LogP contribution is 2.19. The van der Waals surface area contributed by atoms with Gasteiger partial charge in [0.15, 0.2) is 5.15 Å². The van der Waals surface area contributed by atoms with E-state index in [1.54, 1.807) is 24.3 Å². The van der Waals surface area contributed by atoms with Crippen molar-refractivity contribution in [3.8, 4) is 0 Å². The summed E-state index contributed by atoms with van der Waals surface area (Å²) in [6, 6.07) is 8.45. The first kappa shape index (κ1) is 11.3. The summed E-state index contributed by atoms with van der Waals surface area (Å²) in [6.45, 7) is 0. The quantitative estimate of drug-likeness (QED) is 0.796. The molecule has 0 unspecified atom stereocenters. The Morgan fingerprint density at radius 2 is 2.06 bits per heavy atom. The topological polar surface area (TPSA) is 80.9 Å². The number of nitrogens with two attached hydrogens (primary N) is 1. The van der Waals surface area contributed by atoms with E-state index in [0.29, 0.717) is 11.4 Å². The Morgan fingerprint density at radius 3 is 2.76 bits per heavy atom. The zero-order valence-electron chi connectivity index (χ0n) is 8.72. The number of halogens is 1. The Morgan fingerprint density at radius 1 is 1.29 bits per heavy atom. The second kappa shape index (κ2) is 4.80. The molecule has 1 amide bonds. The summed E-state index contributed by atoms with van der Waals surface area (Å²) in [4.78, 5) is 11.9. The number of hydrogen-bond donors (Lipinski definition) is 2. The van der Waals surface area contributed by atoms with Crippen molar-refractivity contribution in [2.24, 2.45) is 0 Å². The van der Waals surface area contributed by atoms with Crippen LogP contribution in [0.4, 0.5) is 11.4 Å². The van der Waals surface area contributed by atoms with Gasteiger partial charge in [-0.1, -0.05) is 23.7 Å². The molecule has 0 aliphatic rings. The Balaban J connectivity index is 2.24. The lowest BCUT2D eigenvalue weighted by Crippen LogP contribution is -2.14. The summed E-state index contributed by atoms with van der Waals surface area (Å²) >= 11 is 5.76. The van der Waals surface area contributed by atoms with Gasteiger partial charge in [-0.2, -0.15) is 5.10 Å². The summed E-state index contributed by atoms with van der Waals surface area (Å²) < 4.78 is 0. The van der Waals surface area contributed by atoms with Gasteiger partial charge in [0, 0.05) is 0 Å². The van der Waals surface area contributed by atoms with Crippen molar-refractivity contribution in [2.75, 3.05) is 11.1 Å². The second-order valence-corrected chi connectivity index (χ2v) is 3.64. The van der Waals surface area contributed by atoms with Gasteiger partial charge in [-0.3, -0.25) is 4.79 Å². The first-order valence-corrected chi connectivity index (χ1v) is 5.19. The summed E-state index contributed by atoms with van der Waals surface area (Å²) in [7, 11) is 0. The van der Waals surface area contributed by atoms with Gasteiger partial charge >= 0.3 is 0 Å². The van der Waals surface area contributed by atoms with E-state index in [-0.39, 0.29) is 16.6 Å². The van der Waals surface area contributed by atoms with Crippen LogP contribution < -0.4 is 11.1 Å². The molecule has 1 aromatic carbocycles. The smallest absolute Gasteiger partial charge is 0.258 e.